The summed E-state index contributed by atoms with van der Waals surface area (Å²) in [6.07, 6.45) is 7.48. The highest BCUT2D eigenvalue weighted by Crippen LogP contribution is 2.45. The largest absolute Gasteiger partial charge is 0.394 e. The first-order chi connectivity index (χ1) is 18.4. The van der Waals surface area contributed by atoms with Crippen LogP contribution >= 0.6 is 0 Å². The highest BCUT2D eigenvalue weighted by Gasteiger charge is 2.39. The Morgan fingerprint density at radius 1 is 1.05 bits per heavy atom. The zero-order valence-electron chi connectivity index (χ0n) is 25.7. The van der Waals surface area contributed by atoms with Gasteiger partial charge in [-0.1, -0.05) is 79.2 Å². The molecule has 5 nitrogen and oxygen atoms in total. The molecule has 220 valence electrons. The van der Waals surface area contributed by atoms with Gasteiger partial charge in [-0.25, -0.2) is 0 Å². The lowest BCUT2D eigenvalue weighted by atomic mass is 9.62. The SMILES string of the molecule is CC(C)C1CCC(C)(C)CC1C(=O)Cc1ccc(CC#N)cc1.CC(C)[C@@H]1CC[C@@H](C)C[C@H]1OCC(O)CO. The fourth-order valence-corrected chi connectivity index (χ4v) is 6.55. The zero-order valence-corrected chi connectivity index (χ0v) is 25.7. The third-order valence-electron chi connectivity index (χ3n) is 9.07. The highest BCUT2D eigenvalue weighted by atomic mass is 16.5. The molecule has 0 heterocycles. The Bertz CT molecular complexity index is 901. The Kier molecular flexibility index (Phi) is 13.6. The average molecular weight is 542 g/mol. The number of benzene rings is 1. The smallest absolute Gasteiger partial charge is 0.140 e. The normalized spacial score (nSPS) is 27.4. The molecule has 1 aromatic carbocycles. The molecule has 3 unspecified atom stereocenters. The Morgan fingerprint density at radius 3 is 2.23 bits per heavy atom. The van der Waals surface area contributed by atoms with E-state index < -0.39 is 6.10 Å². The van der Waals surface area contributed by atoms with Gasteiger partial charge in [0.1, 0.15) is 11.9 Å². The van der Waals surface area contributed by atoms with E-state index in [1.165, 1.54) is 25.7 Å². The fraction of sp³-hybridized carbons (Fsp3) is 0.765. The number of aliphatic hydroxyl groups excluding tert-OH is 2. The topological polar surface area (TPSA) is 90.6 Å². The maximum Gasteiger partial charge on any atom is 0.140 e. The maximum absolute atomic E-state index is 12.9. The number of carbonyl (C=O) groups excluding carboxylic acids is 1. The molecule has 5 heteroatoms. The van der Waals surface area contributed by atoms with E-state index >= 15 is 0 Å². The second-order valence-corrected chi connectivity index (χ2v) is 13.8. The number of nitriles is 1. The molecule has 6 atom stereocenters. The van der Waals surface area contributed by atoms with E-state index in [2.05, 4.69) is 54.5 Å². The van der Waals surface area contributed by atoms with Gasteiger partial charge in [-0.3, -0.25) is 4.79 Å². The van der Waals surface area contributed by atoms with Crippen LogP contribution in [-0.4, -0.2) is 41.4 Å². The van der Waals surface area contributed by atoms with Crippen molar-refractivity contribution < 1.29 is 19.7 Å². The number of carbonyl (C=O) groups is 1. The molecule has 0 bridgehead atoms. The van der Waals surface area contributed by atoms with E-state index in [-0.39, 0.29) is 30.7 Å². The summed E-state index contributed by atoms with van der Waals surface area (Å²) in [4.78, 5) is 12.9. The Morgan fingerprint density at radius 2 is 1.67 bits per heavy atom. The van der Waals surface area contributed by atoms with Crippen LogP contribution in [0.2, 0.25) is 0 Å². The van der Waals surface area contributed by atoms with Gasteiger partial charge in [0.2, 0.25) is 0 Å². The van der Waals surface area contributed by atoms with Crippen molar-refractivity contribution in [3.63, 3.8) is 0 Å². The predicted molar refractivity (Wildman–Crippen MR) is 158 cm³/mol. The molecule has 0 aliphatic heterocycles. The van der Waals surface area contributed by atoms with Crippen molar-refractivity contribution >= 4 is 5.78 Å². The van der Waals surface area contributed by atoms with Crippen molar-refractivity contribution in [2.24, 2.45) is 40.9 Å². The van der Waals surface area contributed by atoms with Crippen molar-refractivity contribution in [2.45, 2.75) is 112 Å². The summed E-state index contributed by atoms with van der Waals surface area (Å²) in [5, 5.41) is 26.8. The zero-order chi connectivity index (χ0) is 29.2. The number of hydrogen-bond donors (Lipinski definition) is 2. The van der Waals surface area contributed by atoms with Gasteiger partial charge in [0.25, 0.3) is 0 Å². The highest BCUT2D eigenvalue weighted by molar-refractivity contribution is 5.83. The van der Waals surface area contributed by atoms with Gasteiger partial charge < -0.3 is 14.9 Å². The van der Waals surface area contributed by atoms with E-state index in [0.717, 1.165) is 24.0 Å². The Hall–Kier alpha value is -1.74. The molecule has 39 heavy (non-hydrogen) atoms. The quantitative estimate of drug-likeness (QED) is 0.341. The van der Waals surface area contributed by atoms with E-state index in [0.29, 0.717) is 48.2 Å². The monoisotopic (exact) mass is 541 g/mol. The van der Waals surface area contributed by atoms with Crippen LogP contribution in [0, 0.1) is 52.3 Å². The Balaban J connectivity index is 0.000000293. The first-order valence-corrected chi connectivity index (χ1v) is 15.2. The standard InChI is InChI=1S/C21H29NO.C13H26O3/c1-15(2)18-9-11-21(3,4)14-19(18)20(23)13-17-7-5-16(6-8-17)10-12-22;1-9(2)12-5-4-10(3)6-13(12)16-8-11(15)7-14/h5-8,15,18-19H,9-11,13-14H2,1-4H3;9-15H,4-8H2,1-3H3/t;10-,11?,12+,13-/m.1/s1. The Labute approximate surface area is 238 Å². The first kappa shape index (κ1) is 33.5. The molecular weight excluding hydrogens is 486 g/mol. The van der Waals surface area contributed by atoms with Gasteiger partial charge in [0, 0.05) is 12.3 Å². The van der Waals surface area contributed by atoms with Crippen LogP contribution in [0.1, 0.15) is 98.1 Å². The number of ether oxygens (including phenoxy) is 1. The second kappa shape index (κ2) is 15.9. The summed E-state index contributed by atoms with van der Waals surface area (Å²) in [5.74, 6) is 3.62. The van der Waals surface area contributed by atoms with Crippen LogP contribution in [-0.2, 0) is 22.4 Å². The van der Waals surface area contributed by atoms with Crippen molar-refractivity contribution in [1.29, 1.82) is 5.26 Å². The molecule has 2 aliphatic rings. The summed E-state index contributed by atoms with van der Waals surface area (Å²) in [6.45, 7) is 15.9. The summed E-state index contributed by atoms with van der Waals surface area (Å²) in [7, 11) is 0. The van der Waals surface area contributed by atoms with E-state index in [1.807, 2.05) is 24.3 Å². The van der Waals surface area contributed by atoms with Gasteiger partial charge in [-0.15, -0.1) is 0 Å². The molecule has 0 amide bonds. The van der Waals surface area contributed by atoms with Gasteiger partial charge in [-0.05, 0) is 78.2 Å². The van der Waals surface area contributed by atoms with Gasteiger partial charge in [-0.2, -0.15) is 5.26 Å². The van der Waals surface area contributed by atoms with Gasteiger partial charge in [0.05, 0.1) is 31.8 Å². The lowest BCUT2D eigenvalue weighted by Crippen LogP contribution is -2.37. The van der Waals surface area contributed by atoms with Crippen LogP contribution in [0.3, 0.4) is 0 Å². The summed E-state index contributed by atoms with van der Waals surface area (Å²) in [6, 6.07) is 10.1. The molecule has 2 aliphatic carbocycles. The first-order valence-electron chi connectivity index (χ1n) is 15.2. The number of aliphatic hydroxyl groups is 2. The minimum absolute atomic E-state index is 0.192. The predicted octanol–water partition coefficient (Wildman–Crippen LogP) is 6.78. The minimum atomic E-state index is -0.731. The van der Waals surface area contributed by atoms with Crippen molar-refractivity contribution in [3.05, 3.63) is 35.4 Å². The van der Waals surface area contributed by atoms with Crippen LogP contribution in [0.4, 0.5) is 0 Å². The number of nitrogens with zero attached hydrogens (tertiary/aromatic N) is 1. The third-order valence-corrected chi connectivity index (χ3v) is 9.07. The molecule has 0 radical (unpaired) electrons. The van der Waals surface area contributed by atoms with Crippen LogP contribution in [0.15, 0.2) is 24.3 Å². The summed E-state index contributed by atoms with van der Waals surface area (Å²) >= 11 is 0. The summed E-state index contributed by atoms with van der Waals surface area (Å²) in [5.41, 5.74) is 2.37. The molecule has 0 spiro atoms. The molecule has 3 rings (SSSR count). The van der Waals surface area contributed by atoms with E-state index in [4.69, 9.17) is 15.1 Å². The van der Waals surface area contributed by atoms with Crippen molar-refractivity contribution in [2.75, 3.05) is 13.2 Å². The number of Topliss-reactive ketones (excluding diaryl/α,β-unsaturated/α-hetero) is 1. The average Bonchev–Trinajstić information content (AvgIpc) is 2.88. The summed E-state index contributed by atoms with van der Waals surface area (Å²) < 4.78 is 5.77. The van der Waals surface area contributed by atoms with Gasteiger partial charge >= 0.3 is 0 Å². The molecule has 1 aromatic rings. The van der Waals surface area contributed by atoms with E-state index in [1.54, 1.807) is 0 Å². The van der Waals surface area contributed by atoms with Crippen LogP contribution in [0.5, 0.6) is 0 Å². The molecule has 0 saturated heterocycles. The van der Waals surface area contributed by atoms with E-state index in [9.17, 15) is 9.90 Å². The number of ketones is 1. The van der Waals surface area contributed by atoms with Crippen molar-refractivity contribution in [3.8, 4) is 6.07 Å². The fourth-order valence-electron chi connectivity index (χ4n) is 6.55. The molecule has 2 fully saturated rings. The lowest BCUT2D eigenvalue weighted by molar-refractivity contribution is -0.127. The molecule has 2 N–H and O–H groups in total. The lowest BCUT2D eigenvalue weighted by Gasteiger charge is -2.42. The van der Waals surface area contributed by atoms with Gasteiger partial charge in [0.15, 0.2) is 0 Å². The van der Waals surface area contributed by atoms with Crippen LogP contribution < -0.4 is 0 Å². The van der Waals surface area contributed by atoms with Crippen molar-refractivity contribution in [1.82, 2.24) is 0 Å². The maximum atomic E-state index is 12.9. The number of hydrogen-bond acceptors (Lipinski definition) is 5. The number of rotatable bonds is 10. The van der Waals surface area contributed by atoms with Crippen LogP contribution in [0.25, 0.3) is 0 Å². The molecular formula is C34H55NO4. The minimum Gasteiger partial charge on any atom is -0.394 e. The molecule has 2 saturated carbocycles. The second-order valence-electron chi connectivity index (χ2n) is 13.8. The molecule has 0 aromatic heterocycles. The third kappa shape index (κ3) is 11.0.